The fourth-order valence-electron chi connectivity index (χ4n) is 1.64. The van der Waals surface area contributed by atoms with Crippen LogP contribution in [0.4, 0.5) is 0 Å². The monoisotopic (exact) mass is 243 g/mol. The van der Waals surface area contributed by atoms with Crippen LogP contribution in [0.1, 0.15) is 0 Å². The van der Waals surface area contributed by atoms with Crippen molar-refractivity contribution < 1.29 is 4.74 Å². The summed E-state index contributed by atoms with van der Waals surface area (Å²) in [7, 11) is 1.59. The topological polar surface area (TPSA) is 96.6 Å². The molecule has 0 fully saturated rings. The molecule has 18 heavy (non-hydrogen) atoms. The van der Waals surface area contributed by atoms with Crippen LogP contribution < -0.4 is 10.3 Å². The van der Waals surface area contributed by atoms with Gasteiger partial charge in [-0.1, -0.05) is 0 Å². The quantitative estimate of drug-likeness (QED) is 0.691. The van der Waals surface area contributed by atoms with Crippen molar-refractivity contribution in [3.8, 4) is 17.1 Å². The van der Waals surface area contributed by atoms with Gasteiger partial charge in [0.2, 0.25) is 5.65 Å². The fourth-order valence-corrected chi connectivity index (χ4v) is 1.64. The van der Waals surface area contributed by atoms with Crippen molar-refractivity contribution in [3.63, 3.8) is 0 Å². The molecule has 2 aromatic heterocycles. The number of aromatic amines is 2. The summed E-state index contributed by atoms with van der Waals surface area (Å²) in [4.78, 5) is 18.6. The second-order valence-electron chi connectivity index (χ2n) is 3.64. The van der Waals surface area contributed by atoms with Crippen LogP contribution in [0.15, 0.2) is 29.1 Å². The van der Waals surface area contributed by atoms with Crippen molar-refractivity contribution >= 4 is 11.2 Å². The molecule has 0 spiro atoms. The zero-order chi connectivity index (χ0) is 12.5. The first-order valence-corrected chi connectivity index (χ1v) is 5.23. The van der Waals surface area contributed by atoms with E-state index in [4.69, 9.17) is 4.74 Å². The Morgan fingerprint density at radius 2 is 1.94 bits per heavy atom. The maximum atomic E-state index is 11.7. The molecule has 2 N–H and O–H groups in total. The summed E-state index contributed by atoms with van der Waals surface area (Å²) in [5.41, 5.74) is 0.953. The number of aromatic nitrogens is 5. The molecule has 0 saturated heterocycles. The van der Waals surface area contributed by atoms with Crippen molar-refractivity contribution in [1.29, 1.82) is 0 Å². The third kappa shape index (κ3) is 1.61. The molecule has 0 bridgehead atoms. The molecule has 7 nitrogen and oxygen atoms in total. The van der Waals surface area contributed by atoms with Crippen LogP contribution in [0, 0.1) is 0 Å². The van der Waals surface area contributed by atoms with Crippen LogP contribution in [0.25, 0.3) is 22.6 Å². The standard InChI is InChI=1S/C11H9N5O2/c1-18-7-4-2-6(3-5-7)9-12-10-8(11(17)13-9)14-16-15-10/h2-5H,1H3,(H2,12,13,14,15,16,17). The van der Waals surface area contributed by atoms with Gasteiger partial charge in [0.1, 0.15) is 11.6 Å². The van der Waals surface area contributed by atoms with E-state index < -0.39 is 0 Å². The largest absolute Gasteiger partial charge is 0.497 e. The highest BCUT2D eigenvalue weighted by Crippen LogP contribution is 2.18. The van der Waals surface area contributed by atoms with Gasteiger partial charge in [0.05, 0.1) is 7.11 Å². The van der Waals surface area contributed by atoms with Crippen molar-refractivity contribution in [3.05, 3.63) is 34.6 Å². The van der Waals surface area contributed by atoms with Gasteiger partial charge in [-0.2, -0.15) is 5.21 Å². The van der Waals surface area contributed by atoms with E-state index in [1.165, 1.54) is 0 Å². The zero-order valence-electron chi connectivity index (χ0n) is 9.47. The van der Waals surface area contributed by atoms with Crippen molar-refractivity contribution in [1.82, 2.24) is 25.4 Å². The zero-order valence-corrected chi connectivity index (χ0v) is 9.47. The number of methoxy groups -OCH3 is 1. The third-order valence-electron chi connectivity index (χ3n) is 2.56. The molecule has 0 atom stereocenters. The Bertz CT molecular complexity index is 744. The number of benzene rings is 1. The molecule has 90 valence electrons. The van der Waals surface area contributed by atoms with Crippen LogP contribution in [0.2, 0.25) is 0 Å². The Balaban J connectivity index is 2.15. The lowest BCUT2D eigenvalue weighted by atomic mass is 10.2. The van der Waals surface area contributed by atoms with E-state index in [1.807, 2.05) is 12.1 Å². The summed E-state index contributed by atoms with van der Waals surface area (Å²) in [6.45, 7) is 0. The van der Waals surface area contributed by atoms with Crippen molar-refractivity contribution in [2.45, 2.75) is 0 Å². The Kier molecular flexibility index (Phi) is 2.30. The van der Waals surface area contributed by atoms with Crippen LogP contribution in [0.3, 0.4) is 0 Å². The molecule has 0 aliphatic heterocycles. The highest BCUT2D eigenvalue weighted by Gasteiger charge is 2.08. The van der Waals surface area contributed by atoms with Gasteiger partial charge in [-0.3, -0.25) is 4.79 Å². The van der Waals surface area contributed by atoms with Crippen LogP contribution in [0.5, 0.6) is 5.75 Å². The first-order chi connectivity index (χ1) is 8.78. The minimum Gasteiger partial charge on any atom is -0.497 e. The van der Waals surface area contributed by atoms with E-state index >= 15 is 0 Å². The SMILES string of the molecule is COc1ccc(-c2nc3n[nH]nc3c(=O)[nH]2)cc1. The van der Waals surface area contributed by atoms with E-state index in [2.05, 4.69) is 25.4 Å². The fraction of sp³-hybridized carbons (Fsp3) is 0.0909. The van der Waals surface area contributed by atoms with E-state index in [1.54, 1.807) is 19.2 Å². The van der Waals surface area contributed by atoms with E-state index in [-0.39, 0.29) is 11.1 Å². The molecular formula is C11H9N5O2. The molecule has 0 aliphatic rings. The maximum absolute atomic E-state index is 11.7. The molecule has 2 heterocycles. The minimum atomic E-state index is -0.320. The average molecular weight is 243 g/mol. The first-order valence-electron chi connectivity index (χ1n) is 5.23. The molecule has 3 rings (SSSR count). The number of nitrogens with zero attached hydrogens (tertiary/aromatic N) is 3. The highest BCUT2D eigenvalue weighted by molar-refractivity contribution is 5.70. The lowest BCUT2D eigenvalue weighted by Gasteiger charge is -2.02. The maximum Gasteiger partial charge on any atom is 0.281 e. The molecule has 0 aliphatic carbocycles. The smallest absolute Gasteiger partial charge is 0.281 e. The number of hydrogen-bond donors (Lipinski definition) is 2. The molecule has 3 aromatic rings. The molecule has 0 saturated carbocycles. The first kappa shape index (κ1) is 10.5. The van der Waals surface area contributed by atoms with Gasteiger partial charge in [-0.25, -0.2) is 4.98 Å². The molecule has 1 aromatic carbocycles. The Labute approximate surface area is 101 Å². The lowest BCUT2D eigenvalue weighted by molar-refractivity contribution is 0.415. The molecule has 0 amide bonds. The summed E-state index contributed by atoms with van der Waals surface area (Å²) >= 11 is 0. The number of H-pyrrole nitrogens is 2. The summed E-state index contributed by atoms with van der Waals surface area (Å²) in [5, 5.41) is 9.90. The normalized spacial score (nSPS) is 10.7. The number of fused-ring (bicyclic) bond motifs is 1. The van der Waals surface area contributed by atoms with Crippen molar-refractivity contribution in [2.75, 3.05) is 7.11 Å². The second kappa shape index (κ2) is 3.95. The third-order valence-corrected chi connectivity index (χ3v) is 2.56. The number of hydrogen-bond acceptors (Lipinski definition) is 5. The van der Waals surface area contributed by atoms with Crippen molar-refractivity contribution in [2.24, 2.45) is 0 Å². The number of ether oxygens (including phenoxy) is 1. The molecule has 0 radical (unpaired) electrons. The van der Waals surface area contributed by atoms with E-state index in [9.17, 15) is 4.79 Å². The predicted molar refractivity (Wildman–Crippen MR) is 64.3 cm³/mol. The average Bonchev–Trinajstić information content (AvgIpc) is 2.88. The highest BCUT2D eigenvalue weighted by atomic mass is 16.5. The van der Waals surface area contributed by atoms with Gasteiger partial charge in [-0.05, 0) is 24.3 Å². The van der Waals surface area contributed by atoms with Gasteiger partial charge in [0, 0.05) is 5.56 Å². The summed E-state index contributed by atoms with van der Waals surface area (Å²) < 4.78 is 5.07. The molecule has 7 heteroatoms. The van der Waals surface area contributed by atoms with Gasteiger partial charge in [0.15, 0.2) is 5.52 Å². The van der Waals surface area contributed by atoms with Gasteiger partial charge >= 0.3 is 0 Å². The lowest BCUT2D eigenvalue weighted by Crippen LogP contribution is -2.09. The Morgan fingerprint density at radius 1 is 1.17 bits per heavy atom. The summed E-state index contributed by atoms with van der Waals surface area (Å²) in [5.74, 6) is 1.19. The predicted octanol–water partition coefficient (Wildman–Crippen LogP) is 0.717. The Morgan fingerprint density at radius 3 is 2.67 bits per heavy atom. The number of nitrogens with one attached hydrogen (secondary N) is 2. The molecule has 0 unspecified atom stereocenters. The summed E-state index contributed by atoms with van der Waals surface area (Å²) in [6.07, 6.45) is 0. The van der Waals surface area contributed by atoms with E-state index in [0.29, 0.717) is 11.5 Å². The van der Waals surface area contributed by atoms with Crippen LogP contribution in [-0.4, -0.2) is 32.5 Å². The molecular weight excluding hydrogens is 234 g/mol. The Hall–Kier alpha value is -2.70. The summed E-state index contributed by atoms with van der Waals surface area (Å²) in [6, 6.07) is 7.21. The van der Waals surface area contributed by atoms with Gasteiger partial charge in [0.25, 0.3) is 5.56 Å². The van der Waals surface area contributed by atoms with Crippen LogP contribution >= 0.6 is 0 Å². The van der Waals surface area contributed by atoms with Gasteiger partial charge < -0.3 is 9.72 Å². The minimum absolute atomic E-state index is 0.201. The van der Waals surface area contributed by atoms with Gasteiger partial charge in [-0.15, -0.1) is 10.2 Å². The van der Waals surface area contributed by atoms with E-state index in [0.717, 1.165) is 11.3 Å². The number of rotatable bonds is 2. The second-order valence-corrected chi connectivity index (χ2v) is 3.64. The van der Waals surface area contributed by atoms with Crippen LogP contribution in [-0.2, 0) is 0 Å².